The Morgan fingerprint density at radius 2 is 2.18 bits per heavy atom. The van der Waals surface area contributed by atoms with Gasteiger partial charge in [0, 0.05) is 0 Å². The van der Waals surface area contributed by atoms with Crippen molar-refractivity contribution in [2.24, 2.45) is 0 Å². The summed E-state index contributed by atoms with van der Waals surface area (Å²) in [5.41, 5.74) is 0.908. The molecule has 0 fully saturated rings. The lowest BCUT2D eigenvalue weighted by atomic mass is 10.2. The van der Waals surface area contributed by atoms with Crippen molar-refractivity contribution in [1.29, 1.82) is 0 Å². The van der Waals surface area contributed by atoms with Gasteiger partial charge in [-0.15, -0.1) is 0 Å². The molecule has 60 valence electrons. The van der Waals surface area contributed by atoms with Crippen LogP contribution < -0.4 is 4.74 Å². The summed E-state index contributed by atoms with van der Waals surface area (Å²) in [7, 11) is 0. The summed E-state index contributed by atoms with van der Waals surface area (Å²) in [5, 5.41) is 0. The van der Waals surface area contributed by atoms with Crippen LogP contribution in [0.4, 0.5) is 4.39 Å². The van der Waals surface area contributed by atoms with Crippen LogP contribution in [0.1, 0.15) is 12.5 Å². The van der Waals surface area contributed by atoms with E-state index in [4.69, 9.17) is 4.74 Å². The van der Waals surface area contributed by atoms with Crippen molar-refractivity contribution >= 4 is 0 Å². The number of aryl methyl sites for hydroxylation is 1. The average Bonchev–Trinajstić information content (AvgIpc) is 1.95. The topological polar surface area (TPSA) is 9.23 Å². The second-order valence-electron chi connectivity index (χ2n) is 2.37. The molecule has 1 aromatic rings. The smallest absolute Gasteiger partial charge is 0.165 e. The van der Waals surface area contributed by atoms with Gasteiger partial charge in [0.2, 0.25) is 0 Å². The highest BCUT2D eigenvalue weighted by Crippen LogP contribution is 2.17. The lowest BCUT2D eigenvalue weighted by Gasteiger charge is -2.03. The molecule has 0 aliphatic carbocycles. The van der Waals surface area contributed by atoms with Crippen LogP contribution in [0.2, 0.25) is 0 Å². The van der Waals surface area contributed by atoms with Crippen LogP contribution in [0.15, 0.2) is 18.2 Å². The first-order chi connectivity index (χ1) is 5.24. The van der Waals surface area contributed by atoms with Crippen molar-refractivity contribution in [3.63, 3.8) is 0 Å². The lowest BCUT2D eigenvalue weighted by Crippen LogP contribution is -1.94. The van der Waals surface area contributed by atoms with Gasteiger partial charge in [-0.05, 0) is 31.5 Å². The minimum Gasteiger partial charge on any atom is -0.491 e. The molecule has 0 atom stereocenters. The molecule has 1 nitrogen and oxygen atoms in total. The Morgan fingerprint density at radius 3 is 2.73 bits per heavy atom. The highest BCUT2D eigenvalue weighted by atomic mass is 19.1. The normalized spacial score (nSPS) is 9.73. The van der Waals surface area contributed by atoms with Crippen molar-refractivity contribution in [2.45, 2.75) is 13.8 Å². The lowest BCUT2D eigenvalue weighted by molar-refractivity contribution is 0.321. The molecular formula is C9H11FO. The number of hydrogen-bond acceptors (Lipinski definition) is 1. The maximum atomic E-state index is 12.9. The Kier molecular flexibility index (Phi) is 2.47. The highest BCUT2D eigenvalue weighted by Gasteiger charge is 2.00. The SMILES string of the molecule is CCOc1ccc(C)cc1F. The number of rotatable bonds is 2. The molecule has 0 aliphatic rings. The molecule has 11 heavy (non-hydrogen) atoms. The van der Waals surface area contributed by atoms with Crippen molar-refractivity contribution < 1.29 is 9.13 Å². The van der Waals surface area contributed by atoms with E-state index >= 15 is 0 Å². The average molecular weight is 154 g/mol. The van der Waals surface area contributed by atoms with Crippen LogP contribution in [0.5, 0.6) is 5.75 Å². The third kappa shape index (κ3) is 1.93. The van der Waals surface area contributed by atoms with Crippen molar-refractivity contribution in [2.75, 3.05) is 6.61 Å². The van der Waals surface area contributed by atoms with E-state index in [1.807, 2.05) is 19.9 Å². The quantitative estimate of drug-likeness (QED) is 0.636. The van der Waals surface area contributed by atoms with E-state index in [1.165, 1.54) is 6.07 Å². The summed E-state index contributed by atoms with van der Waals surface area (Å²) in [4.78, 5) is 0. The van der Waals surface area contributed by atoms with E-state index in [0.717, 1.165) is 5.56 Å². The Bertz CT molecular complexity index is 245. The monoisotopic (exact) mass is 154 g/mol. The van der Waals surface area contributed by atoms with E-state index in [-0.39, 0.29) is 5.82 Å². The molecule has 0 bridgehead atoms. The zero-order valence-corrected chi connectivity index (χ0v) is 6.73. The maximum absolute atomic E-state index is 12.9. The summed E-state index contributed by atoms with van der Waals surface area (Å²) in [5.74, 6) is 0.0463. The van der Waals surface area contributed by atoms with Crippen molar-refractivity contribution in [1.82, 2.24) is 0 Å². The van der Waals surface area contributed by atoms with E-state index in [2.05, 4.69) is 0 Å². The van der Waals surface area contributed by atoms with Crippen molar-refractivity contribution in [3.05, 3.63) is 29.6 Å². The molecule has 0 unspecified atom stereocenters. The van der Waals surface area contributed by atoms with E-state index < -0.39 is 0 Å². The fraction of sp³-hybridized carbons (Fsp3) is 0.333. The molecule has 0 N–H and O–H groups in total. The molecule has 0 radical (unpaired) electrons. The summed E-state index contributed by atoms with van der Waals surface area (Å²) >= 11 is 0. The summed E-state index contributed by atoms with van der Waals surface area (Å²) < 4.78 is 17.9. The zero-order valence-electron chi connectivity index (χ0n) is 6.73. The molecule has 0 spiro atoms. The van der Waals surface area contributed by atoms with Gasteiger partial charge in [-0.2, -0.15) is 0 Å². The fourth-order valence-electron chi connectivity index (χ4n) is 0.878. The first kappa shape index (κ1) is 8.05. The Balaban J connectivity index is 2.90. The van der Waals surface area contributed by atoms with Gasteiger partial charge >= 0.3 is 0 Å². The fourth-order valence-corrected chi connectivity index (χ4v) is 0.878. The molecule has 0 saturated heterocycles. The Hall–Kier alpha value is -1.05. The van der Waals surface area contributed by atoms with Gasteiger partial charge in [0.25, 0.3) is 0 Å². The first-order valence-electron chi connectivity index (χ1n) is 3.63. The standard InChI is InChI=1S/C9H11FO/c1-3-11-9-5-4-7(2)6-8(9)10/h4-6H,3H2,1-2H3. The molecule has 0 saturated carbocycles. The highest BCUT2D eigenvalue weighted by molar-refractivity contribution is 5.28. The second-order valence-corrected chi connectivity index (χ2v) is 2.37. The predicted molar refractivity (Wildman–Crippen MR) is 42.3 cm³/mol. The third-order valence-electron chi connectivity index (χ3n) is 1.39. The first-order valence-corrected chi connectivity index (χ1v) is 3.63. The molecule has 1 aromatic carbocycles. The summed E-state index contributed by atoms with van der Waals surface area (Å²) in [6.07, 6.45) is 0. The van der Waals surface area contributed by atoms with E-state index in [0.29, 0.717) is 12.4 Å². The number of halogens is 1. The molecule has 2 heteroatoms. The van der Waals surface area contributed by atoms with Crippen LogP contribution in [0.25, 0.3) is 0 Å². The molecule has 1 rings (SSSR count). The van der Waals surface area contributed by atoms with Crippen LogP contribution in [-0.2, 0) is 0 Å². The van der Waals surface area contributed by atoms with E-state index in [1.54, 1.807) is 6.07 Å². The molecule has 0 aliphatic heterocycles. The minimum atomic E-state index is -0.285. The van der Waals surface area contributed by atoms with Gasteiger partial charge in [0.05, 0.1) is 6.61 Å². The van der Waals surface area contributed by atoms with Gasteiger partial charge in [-0.1, -0.05) is 6.07 Å². The van der Waals surface area contributed by atoms with Gasteiger partial charge < -0.3 is 4.74 Å². The number of ether oxygens (including phenoxy) is 1. The second kappa shape index (κ2) is 3.37. The van der Waals surface area contributed by atoms with Crippen LogP contribution in [0.3, 0.4) is 0 Å². The van der Waals surface area contributed by atoms with Gasteiger partial charge in [0.1, 0.15) is 0 Å². The third-order valence-corrected chi connectivity index (χ3v) is 1.39. The largest absolute Gasteiger partial charge is 0.491 e. The van der Waals surface area contributed by atoms with Crippen LogP contribution in [0, 0.1) is 12.7 Å². The number of benzene rings is 1. The molecular weight excluding hydrogens is 143 g/mol. The summed E-state index contributed by atoms with van der Waals surface area (Å²) in [6.45, 7) is 4.18. The maximum Gasteiger partial charge on any atom is 0.165 e. The van der Waals surface area contributed by atoms with Gasteiger partial charge in [0.15, 0.2) is 11.6 Å². The molecule has 0 amide bonds. The zero-order chi connectivity index (χ0) is 8.27. The number of hydrogen-bond donors (Lipinski definition) is 0. The predicted octanol–water partition coefficient (Wildman–Crippen LogP) is 2.53. The minimum absolute atomic E-state index is 0.285. The molecule has 0 heterocycles. The van der Waals surface area contributed by atoms with Crippen LogP contribution >= 0.6 is 0 Å². The van der Waals surface area contributed by atoms with E-state index in [9.17, 15) is 4.39 Å². The van der Waals surface area contributed by atoms with Gasteiger partial charge in [-0.25, -0.2) is 4.39 Å². The van der Waals surface area contributed by atoms with Gasteiger partial charge in [-0.3, -0.25) is 0 Å². The summed E-state index contributed by atoms with van der Waals surface area (Å²) in [6, 6.07) is 4.94. The Morgan fingerprint density at radius 1 is 1.45 bits per heavy atom. The Labute approximate surface area is 65.8 Å². The van der Waals surface area contributed by atoms with Crippen LogP contribution in [-0.4, -0.2) is 6.61 Å². The van der Waals surface area contributed by atoms with Crippen molar-refractivity contribution in [3.8, 4) is 5.75 Å². The molecule has 0 aromatic heterocycles.